The highest BCUT2D eigenvalue weighted by Gasteiger charge is 2.35. The van der Waals surface area contributed by atoms with E-state index < -0.39 is 0 Å². The molecule has 0 radical (unpaired) electrons. The van der Waals surface area contributed by atoms with Crippen LogP contribution in [0.25, 0.3) is 0 Å². The third kappa shape index (κ3) is 7.10. The summed E-state index contributed by atoms with van der Waals surface area (Å²) >= 11 is 11.8. The number of nitrogens with zero attached hydrogens (tertiary/aromatic N) is 2. The molecule has 0 saturated carbocycles. The van der Waals surface area contributed by atoms with Gasteiger partial charge in [-0.25, -0.2) is 0 Å². The Morgan fingerprint density at radius 2 is 1.81 bits per heavy atom. The van der Waals surface area contributed by atoms with Crippen molar-refractivity contribution in [1.29, 1.82) is 0 Å². The zero-order valence-corrected chi connectivity index (χ0v) is 21.2. The van der Waals surface area contributed by atoms with Gasteiger partial charge in [0.1, 0.15) is 5.75 Å². The van der Waals surface area contributed by atoms with Crippen LogP contribution < -0.4 is 20.3 Å². The second kappa shape index (κ2) is 12.4. The van der Waals surface area contributed by atoms with Gasteiger partial charge in [0.15, 0.2) is 6.61 Å². The van der Waals surface area contributed by atoms with Crippen LogP contribution in [0.1, 0.15) is 6.42 Å². The van der Waals surface area contributed by atoms with Crippen molar-refractivity contribution in [3.05, 3.63) is 52.5 Å². The minimum Gasteiger partial charge on any atom is -0.484 e. The van der Waals surface area contributed by atoms with Gasteiger partial charge in [-0.05, 0) is 42.5 Å². The average molecular weight is 535 g/mol. The molecule has 0 aliphatic carbocycles. The van der Waals surface area contributed by atoms with Crippen LogP contribution in [0.3, 0.4) is 0 Å². The molecule has 11 heteroatoms. The fourth-order valence-electron chi connectivity index (χ4n) is 4.08. The lowest BCUT2D eigenvalue weighted by Crippen LogP contribution is -2.42. The van der Waals surface area contributed by atoms with Crippen molar-refractivity contribution < 1.29 is 23.9 Å². The lowest BCUT2D eigenvalue weighted by molar-refractivity contribution is -0.126. The first-order chi connectivity index (χ1) is 17.4. The van der Waals surface area contributed by atoms with Gasteiger partial charge in [0.05, 0.1) is 29.2 Å². The van der Waals surface area contributed by atoms with Crippen LogP contribution >= 0.6 is 23.2 Å². The highest BCUT2D eigenvalue weighted by Crippen LogP contribution is 2.27. The molecule has 192 valence electrons. The average Bonchev–Trinajstić information content (AvgIpc) is 3.27. The first kappa shape index (κ1) is 26.2. The molecule has 2 heterocycles. The molecule has 0 unspecified atom stereocenters. The van der Waals surface area contributed by atoms with E-state index in [1.807, 2.05) is 0 Å². The molecule has 2 aliphatic rings. The number of rotatable bonds is 9. The second-order valence-corrected chi connectivity index (χ2v) is 9.42. The van der Waals surface area contributed by atoms with Crippen molar-refractivity contribution in [2.75, 3.05) is 62.8 Å². The predicted octanol–water partition coefficient (Wildman–Crippen LogP) is 2.81. The van der Waals surface area contributed by atoms with E-state index in [0.29, 0.717) is 40.3 Å². The third-order valence-electron chi connectivity index (χ3n) is 6.05. The Labute approximate surface area is 219 Å². The molecule has 0 aromatic heterocycles. The highest BCUT2D eigenvalue weighted by atomic mass is 35.5. The van der Waals surface area contributed by atoms with Crippen LogP contribution in [0.2, 0.25) is 10.0 Å². The van der Waals surface area contributed by atoms with Crippen molar-refractivity contribution in [2.45, 2.75) is 6.42 Å². The molecule has 2 N–H and O–H groups in total. The Balaban J connectivity index is 1.22. The zero-order valence-electron chi connectivity index (χ0n) is 19.7. The summed E-state index contributed by atoms with van der Waals surface area (Å²) in [7, 11) is 0. The number of halogens is 2. The summed E-state index contributed by atoms with van der Waals surface area (Å²) in [6.07, 6.45) is 0.177. The van der Waals surface area contributed by atoms with Gasteiger partial charge in [-0.2, -0.15) is 0 Å². The minimum absolute atomic E-state index is 0.0991. The summed E-state index contributed by atoms with van der Waals surface area (Å²) in [5.74, 6) is -0.463. The second-order valence-electron chi connectivity index (χ2n) is 8.61. The van der Waals surface area contributed by atoms with Gasteiger partial charge in [0.2, 0.25) is 11.8 Å². The van der Waals surface area contributed by atoms with Crippen LogP contribution in [-0.2, 0) is 19.1 Å². The highest BCUT2D eigenvalue weighted by molar-refractivity contribution is 6.42. The van der Waals surface area contributed by atoms with E-state index in [1.165, 1.54) is 0 Å². The molecule has 2 saturated heterocycles. The standard InChI is InChI=1S/C25H28Cl2N4O5/c26-21-6-1-18(14-22(21)27)29-23(32)16-36-20-4-2-19(3-5-20)31-15-17(13-24(31)33)25(34)28-7-8-30-9-11-35-12-10-30/h1-6,14,17H,7-13,15-16H2,(H,28,34)(H,29,32)/t17-/m1/s1. The number of anilines is 2. The topological polar surface area (TPSA) is 100 Å². The predicted molar refractivity (Wildman–Crippen MR) is 138 cm³/mol. The van der Waals surface area contributed by atoms with Crippen molar-refractivity contribution in [1.82, 2.24) is 10.2 Å². The summed E-state index contributed by atoms with van der Waals surface area (Å²) in [6.45, 7) is 4.62. The summed E-state index contributed by atoms with van der Waals surface area (Å²) in [5, 5.41) is 6.38. The molecule has 9 nitrogen and oxygen atoms in total. The van der Waals surface area contributed by atoms with Gasteiger partial charge in [0, 0.05) is 50.5 Å². The van der Waals surface area contributed by atoms with E-state index in [2.05, 4.69) is 15.5 Å². The van der Waals surface area contributed by atoms with Crippen LogP contribution in [0.4, 0.5) is 11.4 Å². The largest absolute Gasteiger partial charge is 0.484 e. The van der Waals surface area contributed by atoms with Gasteiger partial charge in [-0.1, -0.05) is 23.2 Å². The third-order valence-corrected chi connectivity index (χ3v) is 6.79. The molecule has 2 fully saturated rings. The molecule has 0 bridgehead atoms. The van der Waals surface area contributed by atoms with Crippen LogP contribution in [0, 0.1) is 5.92 Å². The summed E-state index contributed by atoms with van der Waals surface area (Å²) in [6, 6.07) is 11.6. The number of carbonyl (C=O) groups excluding carboxylic acids is 3. The van der Waals surface area contributed by atoms with Crippen LogP contribution in [-0.4, -0.2) is 75.2 Å². The quantitative estimate of drug-likeness (QED) is 0.513. The lowest BCUT2D eigenvalue weighted by atomic mass is 10.1. The SMILES string of the molecule is O=C(COc1ccc(N2C[C@H](C(=O)NCCN3CCOCC3)CC2=O)cc1)Nc1ccc(Cl)c(Cl)c1. The Bertz CT molecular complexity index is 1090. The molecule has 1 atom stereocenters. The molecule has 2 aromatic rings. The molecule has 36 heavy (non-hydrogen) atoms. The van der Waals surface area contributed by atoms with Crippen molar-refractivity contribution in [2.24, 2.45) is 5.92 Å². The zero-order chi connectivity index (χ0) is 25.5. The van der Waals surface area contributed by atoms with Gasteiger partial charge in [-0.15, -0.1) is 0 Å². The Morgan fingerprint density at radius 3 is 2.53 bits per heavy atom. The summed E-state index contributed by atoms with van der Waals surface area (Å²) < 4.78 is 10.9. The van der Waals surface area contributed by atoms with E-state index >= 15 is 0 Å². The monoisotopic (exact) mass is 534 g/mol. The lowest BCUT2D eigenvalue weighted by Gasteiger charge is -2.26. The van der Waals surface area contributed by atoms with Gasteiger partial charge < -0.3 is 25.0 Å². The maximum atomic E-state index is 12.6. The normalized spacial score (nSPS) is 18.2. The fourth-order valence-corrected chi connectivity index (χ4v) is 4.38. The molecule has 3 amide bonds. The molecule has 4 rings (SSSR count). The van der Waals surface area contributed by atoms with E-state index in [1.54, 1.807) is 47.4 Å². The Hall–Kier alpha value is -2.85. The molecular weight excluding hydrogens is 507 g/mol. The van der Waals surface area contributed by atoms with E-state index in [4.69, 9.17) is 32.7 Å². The van der Waals surface area contributed by atoms with Crippen molar-refractivity contribution >= 4 is 52.3 Å². The number of hydrogen-bond donors (Lipinski definition) is 2. The number of carbonyl (C=O) groups is 3. The number of nitrogens with one attached hydrogen (secondary N) is 2. The molecule has 2 aromatic carbocycles. The number of hydrogen-bond acceptors (Lipinski definition) is 6. The summed E-state index contributed by atoms with van der Waals surface area (Å²) in [5.41, 5.74) is 1.19. The number of amides is 3. The first-order valence-electron chi connectivity index (χ1n) is 11.7. The smallest absolute Gasteiger partial charge is 0.262 e. The maximum Gasteiger partial charge on any atom is 0.262 e. The number of morpholine rings is 1. The van der Waals surface area contributed by atoms with Crippen molar-refractivity contribution in [3.8, 4) is 5.75 Å². The van der Waals surface area contributed by atoms with Crippen LogP contribution in [0.15, 0.2) is 42.5 Å². The van der Waals surface area contributed by atoms with Gasteiger partial charge in [0.25, 0.3) is 5.91 Å². The van der Waals surface area contributed by atoms with Crippen LogP contribution in [0.5, 0.6) is 5.75 Å². The van der Waals surface area contributed by atoms with E-state index in [0.717, 1.165) is 32.8 Å². The Morgan fingerprint density at radius 1 is 1.06 bits per heavy atom. The Kier molecular flexibility index (Phi) is 9.03. The number of ether oxygens (including phenoxy) is 2. The first-order valence-corrected chi connectivity index (χ1v) is 12.5. The van der Waals surface area contributed by atoms with Gasteiger partial charge >= 0.3 is 0 Å². The summed E-state index contributed by atoms with van der Waals surface area (Å²) in [4.78, 5) is 41.1. The minimum atomic E-state index is -0.386. The molecule has 2 aliphatic heterocycles. The number of benzene rings is 2. The van der Waals surface area contributed by atoms with Crippen molar-refractivity contribution in [3.63, 3.8) is 0 Å². The van der Waals surface area contributed by atoms with Gasteiger partial charge in [-0.3, -0.25) is 19.3 Å². The van der Waals surface area contributed by atoms with E-state index in [-0.39, 0.29) is 36.7 Å². The molecule has 0 spiro atoms. The maximum absolute atomic E-state index is 12.6. The fraction of sp³-hybridized carbons (Fsp3) is 0.400. The molecular formula is C25H28Cl2N4O5. The van der Waals surface area contributed by atoms with E-state index in [9.17, 15) is 14.4 Å².